The maximum atomic E-state index is 14.3. The second-order valence-corrected chi connectivity index (χ2v) is 5.28. The van der Waals surface area contributed by atoms with Crippen LogP contribution in [0.3, 0.4) is 0 Å². The maximum absolute atomic E-state index is 14.3. The molecule has 1 unspecified atom stereocenters. The summed E-state index contributed by atoms with van der Waals surface area (Å²) in [5, 5.41) is 9.24. The molecule has 2 aromatic carbocycles. The summed E-state index contributed by atoms with van der Waals surface area (Å²) in [6, 6.07) is -0.578. The van der Waals surface area contributed by atoms with Crippen molar-refractivity contribution in [3.05, 3.63) is 58.9 Å². The number of carboxylic acids is 1. The van der Waals surface area contributed by atoms with E-state index >= 15 is 0 Å². The fourth-order valence-electron chi connectivity index (χ4n) is 2.66. The Morgan fingerprint density at radius 1 is 0.962 bits per heavy atom. The number of carboxylic acid groups (broad SMARTS) is 1. The fourth-order valence-corrected chi connectivity index (χ4v) is 2.66. The van der Waals surface area contributed by atoms with Crippen LogP contribution in [0.5, 0.6) is 0 Å². The van der Waals surface area contributed by atoms with Gasteiger partial charge in [0.15, 0.2) is 23.5 Å². The smallest absolute Gasteiger partial charge is 0.335 e. The molecule has 2 aromatic rings. The van der Waals surface area contributed by atoms with Gasteiger partial charge in [0.05, 0.1) is 16.9 Å². The number of benzene rings is 2. The van der Waals surface area contributed by atoms with Crippen LogP contribution in [0.25, 0.3) is 0 Å². The van der Waals surface area contributed by atoms with Crippen LogP contribution in [-0.4, -0.2) is 28.7 Å². The first-order valence-electron chi connectivity index (χ1n) is 6.88. The first kappa shape index (κ1) is 17.5. The van der Waals surface area contributed by atoms with Gasteiger partial charge < -0.3 is 10.0 Å². The minimum atomic E-state index is -2.45. The second kappa shape index (κ2) is 5.90. The van der Waals surface area contributed by atoms with E-state index in [-0.39, 0.29) is 11.0 Å². The number of carbonyl (C=O) groups excluding carboxylic acids is 2. The van der Waals surface area contributed by atoms with Gasteiger partial charge in [-0.1, -0.05) is 0 Å². The van der Waals surface area contributed by atoms with E-state index in [0.717, 1.165) is 0 Å². The Bertz CT molecular complexity index is 991. The Hall–Kier alpha value is -3.30. The normalized spacial score (nSPS) is 16.7. The molecule has 134 valence electrons. The van der Waals surface area contributed by atoms with Crippen LogP contribution in [0.2, 0.25) is 0 Å². The molecule has 0 saturated heterocycles. The molecule has 1 N–H and O–H groups in total. The van der Waals surface area contributed by atoms with Crippen molar-refractivity contribution in [3.63, 3.8) is 0 Å². The molecule has 1 heterocycles. The molecule has 1 aliphatic heterocycles. The molecule has 0 radical (unpaired) electrons. The topological polar surface area (TPSA) is 74.7 Å². The van der Waals surface area contributed by atoms with Gasteiger partial charge in [-0.25, -0.2) is 26.7 Å². The molecule has 26 heavy (non-hydrogen) atoms. The van der Waals surface area contributed by atoms with E-state index in [0.29, 0.717) is 18.2 Å². The zero-order valence-electron chi connectivity index (χ0n) is 12.4. The van der Waals surface area contributed by atoms with Crippen molar-refractivity contribution in [1.82, 2.24) is 0 Å². The molecule has 0 fully saturated rings. The molecule has 1 atom stereocenters. The van der Waals surface area contributed by atoms with Gasteiger partial charge in [0.1, 0.15) is 11.6 Å². The number of fused-ring (bicyclic) bond motifs is 1. The highest BCUT2D eigenvalue weighted by molar-refractivity contribution is 6.51. The van der Waals surface area contributed by atoms with E-state index in [1.54, 1.807) is 0 Å². The lowest BCUT2D eigenvalue weighted by molar-refractivity contribution is -0.141. The largest absolute Gasteiger partial charge is 0.479 e. The van der Waals surface area contributed by atoms with E-state index in [9.17, 15) is 41.4 Å². The highest BCUT2D eigenvalue weighted by Gasteiger charge is 2.47. The minimum Gasteiger partial charge on any atom is -0.479 e. The number of carbonyl (C=O) groups is 3. The first-order valence-corrected chi connectivity index (χ1v) is 6.88. The molecule has 0 amide bonds. The lowest BCUT2D eigenvalue weighted by Crippen LogP contribution is -2.52. The molecule has 5 nitrogen and oxygen atoms in total. The van der Waals surface area contributed by atoms with Gasteiger partial charge in [-0.2, -0.15) is 0 Å². The number of halogens is 5. The number of rotatable bonds is 2. The SMILES string of the molecule is O=C1C(=O)C(C(=O)O)N(c2ccc(F)cc2F)c2c1cc(F)c(F)c2F. The number of hydrogen-bond donors (Lipinski definition) is 1. The van der Waals surface area contributed by atoms with Crippen LogP contribution < -0.4 is 4.90 Å². The second-order valence-electron chi connectivity index (χ2n) is 5.28. The summed E-state index contributed by atoms with van der Waals surface area (Å²) in [4.78, 5) is 35.7. The van der Waals surface area contributed by atoms with E-state index in [1.165, 1.54) is 0 Å². The first-order chi connectivity index (χ1) is 12.1. The standard InChI is InChI=1S/C16H6F5NO4/c17-5-1-2-9(7(18)3-5)22-12-6(4-8(19)10(20)11(12)21)14(23)15(24)13(22)16(25)26/h1-4,13H,(H,25,26). The Morgan fingerprint density at radius 2 is 1.62 bits per heavy atom. The average molecular weight is 371 g/mol. The van der Waals surface area contributed by atoms with E-state index in [4.69, 9.17) is 0 Å². The van der Waals surface area contributed by atoms with Gasteiger partial charge in [-0.3, -0.25) is 9.59 Å². The monoisotopic (exact) mass is 371 g/mol. The highest BCUT2D eigenvalue weighted by atomic mass is 19.2. The van der Waals surface area contributed by atoms with Gasteiger partial charge in [-0.05, 0) is 18.2 Å². The molecule has 0 aliphatic carbocycles. The zero-order valence-corrected chi connectivity index (χ0v) is 12.4. The summed E-state index contributed by atoms with van der Waals surface area (Å²) in [5.74, 6) is -13.5. The Labute approximate surface area is 141 Å². The average Bonchev–Trinajstić information content (AvgIpc) is 2.56. The quantitative estimate of drug-likeness (QED) is 0.380. The van der Waals surface area contributed by atoms with Crippen LogP contribution in [0.4, 0.5) is 33.3 Å². The summed E-state index contributed by atoms with van der Waals surface area (Å²) < 4.78 is 68.7. The maximum Gasteiger partial charge on any atom is 0.335 e. The highest BCUT2D eigenvalue weighted by Crippen LogP contribution is 2.40. The van der Waals surface area contributed by atoms with Crippen molar-refractivity contribution in [2.24, 2.45) is 0 Å². The number of anilines is 2. The van der Waals surface area contributed by atoms with Gasteiger partial charge in [-0.15, -0.1) is 0 Å². The zero-order chi connectivity index (χ0) is 19.3. The summed E-state index contributed by atoms with van der Waals surface area (Å²) in [5.41, 5.74) is -2.93. The fraction of sp³-hybridized carbons (Fsp3) is 0.0625. The van der Waals surface area contributed by atoms with E-state index in [1.807, 2.05) is 0 Å². The third kappa shape index (κ3) is 2.41. The van der Waals surface area contributed by atoms with Crippen molar-refractivity contribution in [3.8, 4) is 0 Å². The van der Waals surface area contributed by atoms with E-state index in [2.05, 4.69) is 0 Å². The van der Waals surface area contributed by atoms with Gasteiger partial charge >= 0.3 is 5.97 Å². The third-order valence-electron chi connectivity index (χ3n) is 3.76. The Kier molecular flexibility index (Phi) is 3.98. The number of Topliss-reactive ketones (excluding diaryl/α,β-unsaturated/α-hetero) is 2. The van der Waals surface area contributed by atoms with Crippen molar-refractivity contribution in [2.75, 3.05) is 4.90 Å². The molecule has 0 saturated carbocycles. The van der Waals surface area contributed by atoms with Crippen molar-refractivity contribution >= 4 is 28.9 Å². The molecule has 3 rings (SSSR count). The lowest BCUT2D eigenvalue weighted by Gasteiger charge is -2.35. The van der Waals surface area contributed by atoms with Crippen molar-refractivity contribution in [1.29, 1.82) is 0 Å². The molecule has 0 aromatic heterocycles. The Balaban J connectivity index is 2.41. The van der Waals surface area contributed by atoms with Gasteiger partial charge in [0, 0.05) is 6.07 Å². The molecule has 0 bridgehead atoms. The van der Waals surface area contributed by atoms with Crippen LogP contribution in [0, 0.1) is 29.1 Å². The molecule has 10 heteroatoms. The minimum absolute atomic E-state index is 0.189. The summed E-state index contributed by atoms with van der Waals surface area (Å²) >= 11 is 0. The summed E-state index contributed by atoms with van der Waals surface area (Å²) in [6.07, 6.45) is 0. The third-order valence-corrected chi connectivity index (χ3v) is 3.76. The number of aliphatic carboxylic acids is 1. The van der Waals surface area contributed by atoms with Crippen LogP contribution in [0.1, 0.15) is 10.4 Å². The van der Waals surface area contributed by atoms with Crippen molar-refractivity contribution in [2.45, 2.75) is 6.04 Å². The predicted octanol–water partition coefficient (Wildman–Crippen LogP) is 2.74. The molecule has 0 spiro atoms. The molecular formula is C16H6F5NO4. The van der Waals surface area contributed by atoms with E-state index < -0.39 is 69.6 Å². The van der Waals surface area contributed by atoms with Crippen LogP contribution in [0.15, 0.2) is 24.3 Å². The van der Waals surface area contributed by atoms with Crippen molar-refractivity contribution < 1.29 is 41.4 Å². The number of hydrogen-bond acceptors (Lipinski definition) is 4. The van der Waals surface area contributed by atoms with Crippen LogP contribution in [-0.2, 0) is 9.59 Å². The van der Waals surface area contributed by atoms with Gasteiger partial charge in [0.25, 0.3) is 0 Å². The lowest BCUT2D eigenvalue weighted by atomic mass is 9.91. The van der Waals surface area contributed by atoms with Crippen LogP contribution >= 0.6 is 0 Å². The Morgan fingerprint density at radius 3 is 2.19 bits per heavy atom. The number of nitrogens with zero attached hydrogens (tertiary/aromatic N) is 1. The number of ketones is 2. The van der Waals surface area contributed by atoms with Gasteiger partial charge in [0.2, 0.25) is 11.6 Å². The molecule has 1 aliphatic rings. The predicted molar refractivity (Wildman–Crippen MR) is 75.6 cm³/mol. The summed E-state index contributed by atoms with van der Waals surface area (Å²) in [6.45, 7) is 0. The summed E-state index contributed by atoms with van der Waals surface area (Å²) in [7, 11) is 0. The molecular weight excluding hydrogens is 365 g/mol.